The molecule has 0 fully saturated rings. The minimum absolute atomic E-state index is 0.245. The lowest BCUT2D eigenvalue weighted by atomic mass is 10.2. The Labute approximate surface area is 173 Å². The lowest BCUT2D eigenvalue weighted by molar-refractivity contribution is -0.116. The number of carbonyl (C=O) groups is 2. The molecule has 2 N–H and O–H groups in total. The van der Waals surface area contributed by atoms with Crippen molar-refractivity contribution in [3.05, 3.63) is 58.9 Å². The van der Waals surface area contributed by atoms with Crippen LogP contribution in [0.2, 0.25) is 5.02 Å². The van der Waals surface area contributed by atoms with Crippen molar-refractivity contribution in [2.75, 3.05) is 18.9 Å². The number of sulfonamides is 1. The molecule has 0 heterocycles. The third-order valence-electron chi connectivity index (χ3n) is 3.74. The molecule has 2 amide bonds. The van der Waals surface area contributed by atoms with Crippen molar-refractivity contribution in [1.29, 1.82) is 0 Å². The van der Waals surface area contributed by atoms with Gasteiger partial charge in [0, 0.05) is 13.1 Å². The van der Waals surface area contributed by atoms with Gasteiger partial charge >= 0.3 is 0 Å². The van der Waals surface area contributed by atoms with Crippen LogP contribution >= 0.6 is 11.6 Å². The van der Waals surface area contributed by atoms with Crippen molar-refractivity contribution in [1.82, 2.24) is 9.62 Å². The summed E-state index contributed by atoms with van der Waals surface area (Å²) in [4.78, 5) is 25.5. The second-order valence-electron chi connectivity index (χ2n) is 6.61. The molecule has 0 aliphatic rings. The summed E-state index contributed by atoms with van der Waals surface area (Å²) in [6.45, 7) is 2.89. The lowest BCUT2D eigenvalue weighted by Crippen LogP contribution is -2.35. The number of anilines is 1. The predicted molar refractivity (Wildman–Crippen MR) is 109 cm³/mol. The molecule has 10 heteroatoms. The molecule has 0 radical (unpaired) electrons. The maximum atomic E-state index is 14.2. The number of carbonyl (C=O) groups excluding carboxylic acids is 2. The number of nitrogens with one attached hydrogen (secondary N) is 2. The summed E-state index contributed by atoms with van der Waals surface area (Å²) < 4.78 is 41.1. The van der Waals surface area contributed by atoms with Gasteiger partial charge in [-0.25, -0.2) is 17.5 Å². The van der Waals surface area contributed by atoms with Crippen LogP contribution in [-0.2, 0) is 14.8 Å². The molecule has 0 aliphatic carbocycles. The number of benzene rings is 2. The smallest absolute Gasteiger partial charge is 0.257 e. The van der Waals surface area contributed by atoms with Crippen molar-refractivity contribution in [2.24, 2.45) is 0 Å². The van der Waals surface area contributed by atoms with E-state index in [1.807, 2.05) is 0 Å². The second kappa shape index (κ2) is 9.34. The van der Waals surface area contributed by atoms with Crippen LogP contribution in [0, 0.1) is 5.82 Å². The van der Waals surface area contributed by atoms with E-state index in [9.17, 15) is 22.4 Å². The van der Waals surface area contributed by atoms with Gasteiger partial charge in [0.2, 0.25) is 15.9 Å². The van der Waals surface area contributed by atoms with Gasteiger partial charge in [0.1, 0.15) is 5.82 Å². The zero-order valence-electron chi connectivity index (χ0n) is 16.1. The first-order chi connectivity index (χ1) is 13.5. The third-order valence-corrected chi connectivity index (χ3v) is 5.73. The van der Waals surface area contributed by atoms with Crippen molar-refractivity contribution >= 4 is 39.1 Å². The standard InChI is InChI=1S/C19H21ClFN3O4S/c1-12(2)23-29(27,28)13-8-9-16(21)14(10-13)19(26)24(3)11-18(25)22-17-7-5-4-6-15(17)20/h4-10,12,23H,11H2,1-3H3,(H,22,25). The molecule has 29 heavy (non-hydrogen) atoms. The number of hydrogen-bond donors (Lipinski definition) is 2. The van der Waals surface area contributed by atoms with Gasteiger partial charge in [-0.3, -0.25) is 9.59 Å². The van der Waals surface area contributed by atoms with Crippen molar-refractivity contribution in [3.8, 4) is 0 Å². The molecule has 0 aromatic heterocycles. The highest BCUT2D eigenvalue weighted by molar-refractivity contribution is 7.89. The van der Waals surface area contributed by atoms with Gasteiger partial charge in [0.05, 0.1) is 27.7 Å². The molecule has 0 saturated carbocycles. The fourth-order valence-electron chi connectivity index (χ4n) is 2.46. The Morgan fingerprint density at radius 2 is 1.83 bits per heavy atom. The number of hydrogen-bond acceptors (Lipinski definition) is 4. The minimum Gasteiger partial charge on any atom is -0.332 e. The number of likely N-dealkylation sites (N-methyl/N-ethyl adjacent to an activating group) is 1. The normalized spacial score (nSPS) is 11.4. The first-order valence-corrected chi connectivity index (χ1v) is 10.5. The number of amides is 2. The van der Waals surface area contributed by atoms with E-state index in [0.717, 1.165) is 23.1 Å². The van der Waals surface area contributed by atoms with E-state index in [1.54, 1.807) is 38.1 Å². The van der Waals surface area contributed by atoms with Crippen molar-refractivity contribution < 1.29 is 22.4 Å². The van der Waals surface area contributed by atoms with E-state index in [4.69, 9.17) is 11.6 Å². The largest absolute Gasteiger partial charge is 0.332 e. The van der Waals surface area contributed by atoms with Crippen molar-refractivity contribution in [3.63, 3.8) is 0 Å². The number of rotatable bonds is 7. The predicted octanol–water partition coefficient (Wildman–Crippen LogP) is 2.88. The number of para-hydroxylation sites is 1. The van der Waals surface area contributed by atoms with E-state index in [2.05, 4.69) is 10.0 Å². The van der Waals surface area contributed by atoms with Gasteiger partial charge in [0.15, 0.2) is 0 Å². The Hall–Kier alpha value is -2.49. The van der Waals surface area contributed by atoms with Gasteiger partial charge in [0.25, 0.3) is 5.91 Å². The van der Waals surface area contributed by atoms with Crippen molar-refractivity contribution in [2.45, 2.75) is 24.8 Å². The SMILES string of the molecule is CC(C)NS(=O)(=O)c1ccc(F)c(C(=O)N(C)CC(=O)Nc2ccccc2Cl)c1. The monoisotopic (exact) mass is 441 g/mol. The number of halogens is 2. The summed E-state index contributed by atoms with van der Waals surface area (Å²) in [6, 6.07) is 9.12. The molecule has 0 saturated heterocycles. The van der Waals surface area contributed by atoms with E-state index >= 15 is 0 Å². The molecule has 0 unspecified atom stereocenters. The molecule has 2 aromatic carbocycles. The Morgan fingerprint density at radius 3 is 2.45 bits per heavy atom. The van der Waals surface area contributed by atoms with Crippen LogP contribution in [0.25, 0.3) is 0 Å². The molecule has 7 nitrogen and oxygen atoms in total. The highest BCUT2D eigenvalue weighted by atomic mass is 35.5. The van der Waals surface area contributed by atoms with Gasteiger partial charge in [-0.15, -0.1) is 0 Å². The molecular weight excluding hydrogens is 421 g/mol. The van der Waals surface area contributed by atoms with Gasteiger partial charge in [-0.05, 0) is 44.2 Å². The van der Waals surface area contributed by atoms with E-state index < -0.39 is 33.2 Å². The van der Waals surface area contributed by atoms with Crippen LogP contribution in [0.1, 0.15) is 24.2 Å². The fraction of sp³-hybridized carbons (Fsp3) is 0.263. The maximum Gasteiger partial charge on any atom is 0.257 e. The fourth-order valence-corrected chi connectivity index (χ4v) is 3.92. The Bertz CT molecular complexity index is 1030. The quantitative estimate of drug-likeness (QED) is 0.690. The Morgan fingerprint density at radius 1 is 1.17 bits per heavy atom. The van der Waals surface area contributed by atoms with E-state index in [-0.39, 0.29) is 17.5 Å². The van der Waals surface area contributed by atoms with Gasteiger partial charge in [-0.2, -0.15) is 0 Å². The Kier molecular flexibility index (Phi) is 7.34. The zero-order valence-corrected chi connectivity index (χ0v) is 17.6. The maximum absolute atomic E-state index is 14.2. The summed E-state index contributed by atoms with van der Waals surface area (Å²) in [5, 5.41) is 2.88. The number of nitrogens with zero attached hydrogens (tertiary/aromatic N) is 1. The van der Waals surface area contributed by atoms with Crippen LogP contribution in [0.5, 0.6) is 0 Å². The average molecular weight is 442 g/mol. The van der Waals surface area contributed by atoms with Gasteiger partial charge < -0.3 is 10.2 Å². The van der Waals surface area contributed by atoms with Crippen LogP contribution in [0.4, 0.5) is 10.1 Å². The minimum atomic E-state index is -3.91. The van der Waals surface area contributed by atoms with E-state index in [0.29, 0.717) is 10.7 Å². The van der Waals surface area contributed by atoms with E-state index in [1.165, 1.54) is 7.05 Å². The van der Waals surface area contributed by atoms with Crippen LogP contribution in [-0.4, -0.2) is 44.8 Å². The van der Waals surface area contributed by atoms with Crippen LogP contribution in [0.15, 0.2) is 47.4 Å². The molecule has 2 rings (SSSR count). The Balaban J connectivity index is 2.17. The molecule has 0 atom stereocenters. The van der Waals surface area contributed by atoms with Gasteiger partial charge in [-0.1, -0.05) is 23.7 Å². The molecule has 0 bridgehead atoms. The molecule has 0 spiro atoms. The molecule has 2 aromatic rings. The molecule has 156 valence electrons. The van der Waals surface area contributed by atoms with Crippen LogP contribution in [0.3, 0.4) is 0 Å². The van der Waals surface area contributed by atoms with Crippen LogP contribution < -0.4 is 10.0 Å². The topological polar surface area (TPSA) is 95.6 Å². The second-order valence-corrected chi connectivity index (χ2v) is 8.73. The summed E-state index contributed by atoms with van der Waals surface area (Å²) in [7, 11) is -2.60. The highest BCUT2D eigenvalue weighted by Gasteiger charge is 2.23. The molecular formula is C19H21ClFN3O4S. The first kappa shape index (κ1) is 22.8. The lowest BCUT2D eigenvalue weighted by Gasteiger charge is -2.18. The highest BCUT2D eigenvalue weighted by Crippen LogP contribution is 2.21. The average Bonchev–Trinajstić information content (AvgIpc) is 2.62. The third kappa shape index (κ3) is 5.99. The summed E-state index contributed by atoms with van der Waals surface area (Å²) in [5.41, 5.74) is -0.0799. The summed E-state index contributed by atoms with van der Waals surface area (Å²) >= 11 is 5.97. The summed E-state index contributed by atoms with van der Waals surface area (Å²) in [5.74, 6) is -2.27. The molecule has 0 aliphatic heterocycles. The zero-order chi connectivity index (χ0) is 21.8. The first-order valence-electron chi connectivity index (χ1n) is 8.63. The summed E-state index contributed by atoms with van der Waals surface area (Å²) in [6.07, 6.45) is 0.